The molecule has 0 fully saturated rings. The Kier molecular flexibility index (Phi) is 8.31. The summed E-state index contributed by atoms with van der Waals surface area (Å²) < 4.78 is 11.4. The summed E-state index contributed by atoms with van der Waals surface area (Å²) in [5, 5.41) is 3.57. The fraction of sp³-hybridized carbons (Fsp3) is 0.647. The lowest BCUT2D eigenvalue weighted by atomic mass is 10.0. The van der Waals surface area contributed by atoms with Gasteiger partial charge in [-0.3, -0.25) is 0 Å². The monoisotopic (exact) mass is 279 g/mol. The lowest BCUT2D eigenvalue weighted by Gasteiger charge is -2.25. The molecule has 0 aliphatic heterocycles. The van der Waals surface area contributed by atoms with E-state index in [1.807, 2.05) is 19.1 Å². The molecule has 1 aromatic rings. The van der Waals surface area contributed by atoms with Crippen LogP contribution in [0.1, 0.15) is 52.1 Å². The Balaban J connectivity index is 2.73. The Labute approximate surface area is 123 Å². The van der Waals surface area contributed by atoms with Crippen LogP contribution in [0, 0.1) is 0 Å². The Hall–Kier alpha value is -1.06. The van der Waals surface area contributed by atoms with E-state index in [-0.39, 0.29) is 12.1 Å². The first kappa shape index (κ1) is 17.0. The summed E-state index contributed by atoms with van der Waals surface area (Å²) >= 11 is 0. The molecule has 0 saturated carbocycles. The van der Waals surface area contributed by atoms with Gasteiger partial charge in [-0.25, -0.2) is 0 Å². The van der Waals surface area contributed by atoms with E-state index in [4.69, 9.17) is 9.47 Å². The van der Waals surface area contributed by atoms with Crippen molar-refractivity contribution < 1.29 is 9.47 Å². The highest BCUT2D eigenvalue weighted by Gasteiger charge is 2.18. The van der Waals surface area contributed by atoms with Crippen molar-refractivity contribution in [3.8, 4) is 5.75 Å². The molecule has 20 heavy (non-hydrogen) atoms. The molecule has 0 aliphatic rings. The predicted octanol–water partition coefficient (Wildman–Crippen LogP) is 3.94. The normalized spacial score (nSPS) is 14.0. The molecule has 2 unspecified atom stereocenters. The van der Waals surface area contributed by atoms with Gasteiger partial charge in [-0.15, -0.1) is 0 Å². The lowest BCUT2D eigenvalue weighted by Crippen LogP contribution is -2.32. The largest absolute Gasteiger partial charge is 0.494 e. The van der Waals surface area contributed by atoms with Crippen LogP contribution in [0.5, 0.6) is 5.75 Å². The predicted molar refractivity (Wildman–Crippen MR) is 84.4 cm³/mol. The molecule has 0 heterocycles. The van der Waals surface area contributed by atoms with E-state index in [9.17, 15) is 0 Å². The van der Waals surface area contributed by atoms with E-state index in [1.165, 1.54) is 5.56 Å². The zero-order valence-corrected chi connectivity index (χ0v) is 13.3. The summed E-state index contributed by atoms with van der Waals surface area (Å²) in [5.41, 5.74) is 1.25. The third-order valence-electron chi connectivity index (χ3n) is 3.23. The van der Waals surface area contributed by atoms with Crippen molar-refractivity contribution in [1.29, 1.82) is 0 Å². The van der Waals surface area contributed by atoms with Crippen molar-refractivity contribution in [3.63, 3.8) is 0 Å². The number of nitrogens with one attached hydrogen (secondary N) is 1. The molecule has 1 aromatic carbocycles. The van der Waals surface area contributed by atoms with E-state index in [1.54, 1.807) is 0 Å². The Morgan fingerprint density at radius 1 is 1.05 bits per heavy atom. The highest BCUT2D eigenvalue weighted by Crippen LogP contribution is 2.22. The molecular weight excluding hydrogens is 250 g/mol. The molecule has 1 N–H and O–H groups in total. The Morgan fingerprint density at radius 3 is 2.30 bits per heavy atom. The van der Waals surface area contributed by atoms with Gasteiger partial charge in [0.05, 0.1) is 18.8 Å². The van der Waals surface area contributed by atoms with Crippen molar-refractivity contribution >= 4 is 0 Å². The van der Waals surface area contributed by atoms with Gasteiger partial charge >= 0.3 is 0 Å². The van der Waals surface area contributed by atoms with Gasteiger partial charge in [0.15, 0.2) is 0 Å². The number of ether oxygens (including phenoxy) is 2. The van der Waals surface area contributed by atoms with Gasteiger partial charge in [0.1, 0.15) is 5.75 Å². The van der Waals surface area contributed by atoms with Gasteiger partial charge < -0.3 is 14.8 Å². The SMILES string of the molecule is CCCNC(c1ccc(OCCC)cc1)C(C)OCC. The van der Waals surface area contributed by atoms with Crippen molar-refractivity contribution in [2.24, 2.45) is 0 Å². The van der Waals surface area contributed by atoms with Crippen LogP contribution < -0.4 is 10.1 Å². The first-order valence-corrected chi connectivity index (χ1v) is 7.80. The molecule has 0 radical (unpaired) electrons. The second kappa shape index (κ2) is 9.78. The van der Waals surface area contributed by atoms with Crippen molar-refractivity contribution in [3.05, 3.63) is 29.8 Å². The minimum Gasteiger partial charge on any atom is -0.494 e. The van der Waals surface area contributed by atoms with Crippen LogP contribution in [0.3, 0.4) is 0 Å². The molecule has 3 nitrogen and oxygen atoms in total. The lowest BCUT2D eigenvalue weighted by molar-refractivity contribution is 0.0472. The Bertz CT molecular complexity index is 351. The van der Waals surface area contributed by atoms with Gasteiger partial charge in [-0.05, 0) is 50.9 Å². The smallest absolute Gasteiger partial charge is 0.119 e. The summed E-state index contributed by atoms with van der Waals surface area (Å²) in [6.45, 7) is 11.0. The van der Waals surface area contributed by atoms with Crippen molar-refractivity contribution in [2.75, 3.05) is 19.8 Å². The van der Waals surface area contributed by atoms with Crippen LogP contribution in [-0.2, 0) is 4.74 Å². The van der Waals surface area contributed by atoms with E-state index in [0.717, 1.165) is 38.3 Å². The summed E-state index contributed by atoms with van der Waals surface area (Å²) in [4.78, 5) is 0. The molecule has 0 amide bonds. The summed E-state index contributed by atoms with van der Waals surface area (Å²) in [6.07, 6.45) is 2.31. The zero-order chi connectivity index (χ0) is 14.8. The standard InChI is InChI=1S/C17H29NO2/c1-5-12-18-17(14(4)19-7-3)15-8-10-16(11-9-15)20-13-6-2/h8-11,14,17-18H,5-7,12-13H2,1-4H3. The zero-order valence-electron chi connectivity index (χ0n) is 13.3. The topological polar surface area (TPSA) is 30.5 Å². The summed E-state index contributed by atoms with van der Waals surface area (Å²) in [5.74, 6) is 0.939. The maximum absolute atomic E-state index is 5.76. The Morgan fingerprint density at radius 2 is 1.75 bits per heavy atom. The number of hydrogen-bond acceptors (Lipinski definition) is 3. The fourth-order valence-electron chi connectivity index (χ4n) is 2.21. The number of hydrogen-bond donors (Lipinski definition) is 1. The van der Waals surface area contributed by atoms with Crippen LogP contribution in [-0.4, -0.2) is 25.9 Å². The minimum absolute atomic E-state index is 0.161. The van der Waals surface area contributed by atoms with Crippen LogP contribution in [0.4, 0.5) is 0 Å². The molecule has 0 aromatic heterocycles. The highest BCUT2D eigenvalue weighted by molar-refractivity contribution is 5.29. The molecule has 0 spiro atoms. The first-order valence-electron chi connectivity index (χ1n) is 7.80. The van der Waals surface area contributed by atoms with E-state index >= 15 is 0 Å². The third-order valence-corrected chi connectivity index (χ3v) is 3.23. The molecule has 1 rings (SSSR count). The maximum atomic E-state index is 5.76. The van der Waals surface area contributed by atoms with E-state index < -0.39 is 0 Å². The molecule has 0 bridgehead atoms. The first-order chi connectivity index (χ1) is 9.72. The van der Waals surface area contributed by atoms with E-state index in [2.05, 4.69) is 38.2 Å². The second-order valence-electron chi connectivity index (χ2n) is 5.01. The maximum Gasteiger partial charge on any atom is 0.119 e. The molecule has 3 heteroatoms. The molecular formula is C17H29NO2. The molecule has 0 saturated heterocycles. The third kappa shape index (κ3) is 5.51. The van der Waals surface area contributed by atoms with Crippen molar-refractivity contribution in [2.45, 2.75) is 52.7 Å². The van der Waals surface area contributed by atoms with Gasteiger partial charge in [0.2, 0.25) is 0 Å². The van der Waals surface area contributed by atoms with Gasteiger partial charge in [-0.1, -0.05) is 26.0 Å². The molecule has 0 aliphatic carbocycles. The van der Waals surface area contributed by atoms with Gasteiger partial charge in [0.25, 0.3) is 0 Å². The van der Waals surface area contributed by atoms with Crippen LogP contribution in [0.2, 0.25) is 0 Å². The number of benzene rings is 1. The average molecular weight is 279 g/mol. The quantitative estimate of drug-likeness (QED) is 0.703. The van der Waals surface area contributed by atoms with Crippen LogP contribution >= 0.6 is 0 Å². The fourth-order valence-corrected chi connectivity index (χ4v) is 2.21. The van der Waals surface area contributed by atoms with Crippen LogP contribution in [0.15, 0.2) is 24.3 Å². The molecule has 2 atom stereocenters. The van der Waals surface area contributed by atoms with E-state index in [0.29, 0.717) is 0 Å². The van der Waals surface area contributed by atoms with Crippen LogP contribution in [0.25, 0.3) is 0 Å². The number of rotatable bonds is 10. The van der Waals surface area contributed by atoms with Gasteiger partial charge in [0, 0.05) is 6.61 Å². The summed E-state index contributed by atoms with van der Waals surface area (Å²) in [7, 11) is 0. The molecule has 114 valence electrons. The minimum atomic E-state index is 0.161. The van der Waals surface area contributed by atoms with Gasteiger partial charge in [-0.2, -0.15) is 0 Å². The van der Waals surface area contributed by atoms with Crippen molar-refractivity contribution in [1.82, 2.24) is 5.32 Å². The summed E-state index contributed by atoms with van der Waals surface area (Å²) in [6, 6.07) is 8.59. The average Bonchev–Trinajstić information content (AvgIpc) is 2.47. The second-order valence-corrected chi connectivity index (χ2v) is 5.01. The highest BCUT2D eigenvalue weighted by atomic mass is 16.5.